The summed E-state index contributed by atoms with van der Waals surface area (Å²) in [4.78, 5) is 0. The number of hydrogen-bond acceptors (Lipinski definition) is 3. The normalized spacial score (nSPS) is 20.3. The highest BCUT2D eigenvalue weighted by Crippen LogP contribution is 2.49. The van der Waals surface area contributed by atoms with Crippen LogP contribution in [0.1, 0.15) is 40.9 Å². The lowest BCUT2D eigenvalue weighted by molar-refractivity contribution is -0.140. The zero-order chi connectivity index (χ0) is 20.9. The zero-order valence-corrected chi connectivity index (χ0v) is 15.6. The fourth-order valence-corrected chi connectivity index (χ4v) is 4.03. The Morgan fingerprint density at radius 2 is 1.53 bits per heavy atom. The highest BCUT2D eigenvalue weighted by molar-refractivity contribution is 6.01. The second-order valence-electron chi connectivity index (χ2n) is 7.25. The van der Waals surface area contributed by atoms with E-state index in [0.29, 0.717) is 17.9 Å². The SMILES string of the molecule is Fc1ccc(C2=NN3[C@H](C2)c2ccccc2O[C@H]3c2ccccc2C(F)(F)F)cc1. The maximum atomic E-state index is 13.7. The number of fused-ring (bicyclic) bond motifs is 3. The first kappa shape index (κ1) is 18.7. The fourth-order valence-electron chi connectivity index (χ4n) is 4.03. The molecule has 2 atom stereocenters. The second kappa shape index (κ2) is 6.86. The van der Waals surface area contributed by atoms with Gasteiger partial charge in [-0.2, -0.15) is 18.3 Å². The van der Waals surface area contributed by atoms with Crippen molar-refractivity contribution >= 4 is 5.71 Å². The molecule has 0 fully saturated rings. The quantitative estimate of drug-likeness (QED) is 0.476. The van der Waals surface area contributed by atoms with Crippen LogP contribution < -0.4 is 4.74 Å². The smallest absolute Gasteiger partial charge is 0.416 e. The standard InChI is InChI=1S/C23H16F4N2O/c24-15-11-9-14(10-12-15)19-13-20-17-6-2-4-8-21(17)30-22(29(20)28-19)16-5-1-3-7-18(16)23(25,26)27/h1-12,20,22H,13H2/t20-,22+/m1/s1. The van der Waals surface area contributed by atoms with E-state index in [1.807, 2.05) is 12.1 Å². The number of nitrogens with zero attached hydrogens (tertiary/aromatic N) is 2. The lowest BCUT2D eigenvalue weighted by atomic mass is 9.95. The number of benzene rings is 3. The molecular weight excluding hydrogens is 396 g/mol. The predicted octanol–water partition coefficient (Wildman–Crippen LogP) is 6.09. The Hall–Kier alpha value is -3.35. The first-order chi connectivity index (χ1) is 14.4. The molecule has 0 aromatic heterocycles. The van der Waals surface area contributed by atoms with Crippen molar-refractivity contribution in [2.24, 2.45) is 5.10 Å². The van der Waals surface area contributed by atoms with Crippen LogP contribution in [0.4, 0.5) is 17.6 Å². The van der Waals surface area contributed by atoms with Gasteiger partial charge in [0.1, 0.15) is 11.6 Å². The van der Waals surface area contributed by atoms with Crippen molar-refractivity contribution in [1.82, 2.24) is 5.01 Å². The predicted molar refractivity (Wildman–Crippen MR) is 103 cm³/mol. The van der Waals surface area contributed by atoms with E-state index in [0.717, 1.165) is 17.2 Å². The van der Waals surface area contributed by atoms with Gasteiger partial charge in [-0.1, -0.05) is 48.5 Å². The van der Waals surface area contributed by atoms with E-state index >= 15 is 0 Å². The van der Waals surface area contributed by atoms with Gasteiger partial charge in [-0.05, 0) is 29.8 Å². The summed E-state index contributed by atoms with van der Waals surface area (Å²) >= 11 is 0. The van der Waals surface area contributed by atoms with Gasteiger partial charge in [0.05, 0.1) is 17.3 Å². The molecule has 2 aliphatic rings. The molecular formula is C23H16F4N2O. The van der Waals surface area contributed by atoms with Gasteiger partial charge in [0.2, 0.25) is 6.23 Å². The molecule has 3 nitrogen and oxygen atoms in total. The van der Waals surface area contributed by atoms with Crippen molar-refractivity contribution in [3.05, 3.63) is 101 Å². The van der Waals surface area contributed by atoms with Crippen LogP contribution in [0.3, 0.4) is 0 Å². The zero-order valence-electron chi connectivity index (χ0n) is 15.6. The Morgan fingerprint density at radius 3 is 2.27 bits per heavy atom. The molecule has 5 rings (SSSR count). The van der Waals surface area contributed by atoms with E-state index in [-0.39, 0.29) is 17.4 Å². The van der Waals surface area contributed by atoms with E-state index < -0.39 is 18.0 Å². The summed E-state index contributed by atoms with van der Waals surface area (Å²) in [5.41, 5.74) is 1.52. The number of rotatable bonds is 2. The second-order valence-corrected chi connectivity index (χ2v) is 7.25. The molecule has 0 spiro atoms. The van der Waals surface area contributed by atoms with Crippen molar-refractivity contribution in [2.45, 2.75) is 24.9 Å². The average Bonchev–Trinajstić information content (AvgIpc) is 3.19. The molecule has 7 heteroatoms. The number of alkyl halides is 3. The number of ether oxygens (including phenoxy) is 1. The summed E-state index contributed by atoms with van der Waals surface area (Å²) in [5, 5.41) is 6.21. The van der Waals surface area contributed by atoms with Crippen LogP contribution in [0, 0.1) is 5.82 Å². The highest BCUT2D eigenvalue weighted by atomic mass is 19.4. The van der Waals surface area contributed by atoms with Crippen molar-refractivity contribution in [3.8, 4) is 5.75 Å². The van der Waals surface area contributed by atoms with E-state index in [1.54, 1.807) is 35.3 Å². The molecule has 0 unspecified atom stereocenters. The van der Waals surface area contributed by atoms with Crippen LogP contribution in [0.25, 0.3) is 0 Å². The van der Waals surface area contributed by atoms with E-state index in [9.17, 15) is 17.6 Å². The van der Waals surface area contributed by atoms with Crippen molar-refractivity contribution < 1.29 is 22.3 Å². The van der Waals surface area contributed by atoms with Crippen LogP contribution in [0.5, 0.6) is 5.75 Å². The van der Waals surface area contributed by atoms with Crippen molar-refractivity contribution in [1.29, 1.82) is 0 Å². The molecule has 3 aromatic rings. The Bertz CT molecular complexity index is 1120. The molecule has 0 amide bonds. The third kappa shape index (κ3) is 3.10. The molecule has 2 heterocycles. The van der Waals surface area contributed by atoms with E-state index in [4.69, 9.17) is 4.74 Å². The first-order valence-electron chi connectivity index (χ1n) is 9.45. The number of hydrogen-bond donors (Lipinski definition) is 0. The van der Waals surface area contributed by atoms with Gasteiger partial charge in [0.15, 0.2) is 0 Å². The summed E-state index contributed by atoms with van der Waals surface area (Å²) in [5.74, 6) is 0.178. The minimum atomic E-state index is -4.52. The lowest BCUT2D eigenvalue weighted by Gasteiger charge is -2.38. The lowest BCUT2D eigenvalue weighted by Crippen LogP contribution is -2.35. The Labute approximate surface area is 170 Å². The van der Waals surface area contributed by atoms with Crippen LogP contribution in [-0.4, -0.2) is 10.7 Å². The largest absolute Gasteiger partial charge is 0.464 e. The molecule has 30 heavy (non-hydrogen) atoms. The Balaban J connectivity index is 1.63. The summed E-state index contributed by atoms with van der Waals surface area (Å²) in [6, 6.07) is 18.3. The maximum absolute atomic E-state index is 13.7. The van der Waals surface area contributed by atoms with Crippen molar-refractivity contribution in [2.75, 3.05) is 0 Å². The van der Waals surface area contributed by atoms with Gasteiger partial charge in [0, 0.05) is 17.5 Å². The van der Waals surface area contributed by atoms with Crippen molar-refractivity contribution in [3.63, 3.8) is 0 Å². The van der Waals surface area contributed by atoms with Gasteiger partial charge < -0.3 is 4.74 Å². The van der Waals surface area contributed by atoms with Gasteiger partial charge in [0.25, 0.3) is 0 Å². The van der Waals surface area contributed by atoms with Crippen LogP contribution >= 0.6 is 0 Å². The van der Waals surface area contributed by atoms with Crippen LogP contribution in [0.2, 0.25) is 0 Å². The summed E-state index contributed by atoms with van der Waals surface area (Å²) in [7, 11) is 0. The molecule has 0 bridgehead atoms. The summed E-state index contributed by atoms with van der Waals surface area (Å²) in [6.45, 7) is 0. The molecule has 152 valence electrons. The van der Waals surface area contributed by atoms with Gasteiger partial charge >= 0.3 is 6.18 Å². The van der Waals surface area contributed by atoms with Gasteiger partial charge in [-0.15, -0.1) is 0 Å². The molecule has 0 aliphatic carbocycles. The molecule has 0 N–H and O–H groups in total. The first-order valence-corrected chi connectivity index (χ1v) is 9.45. The summed E-state index contributed by atoms with van der Waals surface area (Å²) in [6.07, 6.45) is -5.06. The maximum Gasteiger partial charge on any atom is 0.416 e. The Kier molecular flexibility index (Phi) is 4.27. The van der Waals surface area contributed by atoms with E-state index in [1.165, 1.54) is 24.3 Å². The van der Waals surface area contributed by atoms with Gasteiger partial charge in [-0.3, -0.25) is 0 Å². The highest BCUT2D eigenvalue weighted by Gasteiger charge is 2.44. The molecule has 2 aliphatic heterocycles. The average molecular weight is 412 g/mol. The molecule has 3 aromatic carbocycles. The van der Waals surface area contributed by atoms with E-state index in [2.05, 4.69) is 5.10 Å². The Morgan fingerprint density at radius 1 is 0.867 bits per heavy atom. The molecule has 0 saturated heterocycles. The third-order valence-electron chi connectivity index (χ3n) is 5.41. The number of hydrazone groups is 1. The van der Waals surface area contributed by atoms with Crippen LogP contribution in [0.15, 0.2) is 77.9 Å². The van der Waals surface area contributed by atoms with Gasteiger partial charge in [-0.25, -0.2) is 9.40 Å². The minimum Gasteiger partial charge on any atom is -0.464 e. The monoisotopic (exact) mass is 412 g/mol. The third-order valence-corrected chi connectivity index (χ3v) is 5.41. The minimum absolute atomic E-state index is 0.00797. The topological polar surface area (TPSA) is 24.8 Å². The molecule has 0 radical (unpaired) electrons. The van der Waals surface area contributed by atoms with Crippen LogP contribution in [-0.2, 0) is 6.18 Å². The fraction of sp³-hybridized carbons (Fsp3) is 0.174. The number of halogens is 4. The molecule has 0 saturated carbocycles. The summed E-state index contributed by atoms with van der Waals surface area (Å²) < 4.78 is 60.4. The number of para-hydroxylation sites is 1.